The molecule has 0 radical (unpaired) electrons. The topological polar surface area (TPSA) is 63.1 Å². The molecule has 1 saturated heterocycles. The molecule has 1 aliphatic rings. The molecule has 0 bridgehead atoms. The highest BCUT2D eigenvalue weighted by Crippen LogP contribution is 2.17. The summed E-state index contributed by atoms with van der Waals surface area (Å²) < 4.78 is 1.86. The fraction of sp³-hybridized carbons (Fsp3) is 0.769. The van der Waals surface area contributed by atoms with Crippen LogP contribution in [0, 0.1) is 0 Å². The first kappa shape index (κ1) is 14.0. The minimum absolute atomic E-state index is 0.00969. The number of carbonyl (C=O) groups is 1. The standard InChI is InChI=1S/C13H23N5O/c1-3-9-17(4-2)13(19)12-10-18(16-15-12)11-5-7-14-8-6-11/h10-11,14H,3-9H2,1-2H3. The molecule has 0 unspecified atom stereocenters. The number of hydrogen-bond donors (Lipinski definition) is 1. The molecule has 2 rings (SSSR count). The molecule has 0 aliphatic carbocycles. The van der Waals surface area contributed by atoms with Gasteiger partial charge in [0.2, 0.25) is 0 Å². The minimum Gasteiger partial charge on any atom is -0.337 e. The maximum atomic E-state index is 12.3. The first-order chi connectivity index (χ1) is 9.26. The molecule has 0 spiro atoms. The van der Waals surface area contributed by atoms with Gasteiger partial charge in [0.1, 0.15) is 0 Å². The second-order valence-corrected chi connectivity index (χ2v) is 4.95. The van der Waals surface area contributed by atoms with Crippen molar-refractivity contribution < 1.29 is 4.79 Å². The van der Waals surface area contributed by atoms with E-state index >= 15 is 0 Å². The maximum Gasteiger partial charge on any atom is 0.276 e. The molecule has 1 aromatic rings. The second-order valence-electron chi connectivity index (χ2n) is 4.95. The van der Waals surface area contributed by atoms with Gasteiger partial charge in [0.15, 0.2) is 5.69 Å². The Kier molecular flexibility index (Phi) is 4.90. The molecule has 0 aromatic carbocycles. The van der Waals surface area contributed by atoms with Crippen molar-refractivity contribution >= 4 is 5.91 Å². The summed E-state index contributed by atoms with van der Waals surface area (Å²) in [4.78, 5) is 14.1. The van der Waals surface area contributed by atoms with E-state index in [1.807, 2.05) is 16.5 Å². The van der Waals surface area contributed by atoms with Crippen molar-refractivity contribution in [2.24, 2.45) is 0 Å². The molecule has 1 aliphatic heterocycles. The monoisotopic (exact) mass is 265 g/mol. The SMILES string of the molecule is CCCN(CC)C(=O)c1cn(C2CCNCC2)nn1. The predicted octanol–water partition coefficient (Wildman–Crippen LogP) is 1.07. The van der Waals surface area contributed by atoms with E-state index < -0.39 is 0 Å². The highest BCUT2D eigenvalue weighted by atomic mass is 16.2. The summed E-state index contributed by atoms with van der Waals surface area (Å²) in [5.74, 6) is -0.00969. The van der Waals surface area contributed by atoms with Gasteiger partial charge >= 0.3 is 0 Å². The Bertz CT molecular complexity index is 411. The fourth-order valence-corrected chi connectivity index (χ4v) is 2.46. The van der Waals surface area contributed by atoms with Crippen LogP contribution in [0.15, 0.2) is 6.20 Å². The fourth-order valence-electron chi connectivity index (χ4n) is 2.46. The van der Waals surface area contributed by atoms with Gasteiger partial charge in [-0.2, -0.15) is 0 Å². The smallest absolute Gasteiger partial charge is 0.276 e. The van der Waals surface area contributed by atoms with E-state index in [1.165, 1.54) is 0 Å². The summed E-state index contributed by atoms with van der Waals surface area (Å²) in [6, 6.07) is 0.372. The number of rotatable bonds is 5. The van der Waals surface area contributed by atoms with Crippen molar-refractivity contribution in [3.8, 4) is 0 Å². The highest BCUT2D eigenvalue weighted by Gasteiger charge is 2.21. The Hall–Kier alpha value is -1.43. The van der Waals surface area contributed by atoms with Crippen LogP contribution in [-0.4, -0.2) is 52.0 Å². The van der Waals surface area contributed by atoms with Gasteiger partial charge in [-0.1, -0.05) is 12.1 Å². The summed E-state index contributed by atoms with van der Waals surface area (Å²) in [5, 5.41) is 11.5. The molecule has 1 aromatic heterocycles. The molecular weight excluding hydrogens is 242 g/mol. The molecule has 1 amide bonds. The largest absolute Gasteiger partial charge is 0.337 e. The van der Waals surface area contributed by atoms with Crippen molar-refractivity contribution in [1.82, 2.24) is 25.2 Å². The van der Waals surface area contributed by atoms with Crippen LogP contribution in [0.3, 0.4) is 0 Å². The normalized spacial score (nSPS) is 16.5. The second kappa shape index (κ2) is 6.65. The number of aromatic nitrogens is 3. The van der Waals surface area contributed by atoms with Gasteiger partial charge in [0, 0.05) is 13.1 Å². The van der Waals surface area contributed by atoms with Gasteiger partial charge in [-0.3, -0.25) is 4.79 Å². The molecule has 106 valence electrons. The lowest BCUT2D eigenvalue weighted by molar-refractivity contribution is 0.0758. The Morgan fingerprint density at radius 2 is 2.21 bits per heavy atom. The van der Waals surface area contributed by atoms with Crippen LogP contribution in [0.1, 0.15) is 49.6 Å². The first-order valence-electron chi connectivity index (χ1n) is 7.18. The average Bonchev–Trinajstić information content (AvgIpc) is 2.95. The molecule has 19 heavy (non-hydrogen) atoms. The Morgan fingerprint density at radius 3 is 2.84 bits per heavy atom. The van der Waals surface area contributed by atoms with Crippen LogP contribution in [0.4, 0.5) is 0 Å². The number of amides is 1. The lowest BCUT2D eigenvalue weighted by atomic mass is 10.1. The summed E-state index contributed by atoms with van der Waals surface area (Å²) in [6.45, 7) is 7.56. The van der Waals surface area contributed by atoms with E-state index in [0.29, 0.717) is 18.3 Å². The van der Waals surface area contributed by atoms with E-state index in [4.69, 9.17) is 0 Å². The van der Waals surface area contributed by atoms with Gasteiger partial charge in [0.25, 0.3) is 5.91 Å². The van der Waals surface area contributed by atoms with Crippen LogP contribution in [0.25, 0.3) is 0 Å². The van der Waals surface area contributed by atoms with Gasteiger partial charge in [-0.05, 0) is 39.3 Å². The molecule has 0 saturated carbocycles. The van der Waals surface area contributed by atoms with Crippen LogP contribution < -0.4 is 5.32 Å². The summed E-state index contributed by atoms with van der Waals surface area (Å²) in [5.41, 5.74) is 0.467. The van der Waals surface area contributed by atoms with Crippen LogP contribution in [-0.2, 0) is 0 Å². The van der Waals surface area contributed by atoms with Crippen molar-refractivity contribution in [2.45, 2.75) is 39.2 Å². The van der Waals surface area contributed by atoms with Gasteiger partial charge in [-0.15, -0.1) is 5.10 Å². The first-order valence-corrected chi connectivity index (χ1v) is 7.18. The molecule has 6 heteroatoms. The number of nitrogens with zero attached hydrogens (tertiary/aromatic N) is 4. The third kappa shape index (κ3) is 3.32. The van der Waals surface area contributed by atoms with Gasteiger partial charge < -0.3 is 10.2 Å². The molecular formula is C13H23N5O. The zero-order valence-electron chi connectivity index (χ0n) is 11.8. The highest BCUT2D eigenvalue weighted by molar-refractivity contribution is 5.91. The van der Waals surface area contributed by atoms with Crippen molar-refractivity contribution in [3.05, 3.63) is 11.9 Å². The van der Waals surface area contributed by atoms with Crippen molar-refractivity contribution in [2.75, 3.05) is 26.2 Å². The molecule has 6 nitrogen and oxygen atoms in total. The van der Waals surface area contributed by atoms with Crippen molar-refractivity contribution in [1.29, 1.82) is 0 Å². The minimum atomic E-state index is -0.00969. The van der Waals surface area contributed by atoms with Crippen LogP contribution >= 0.6 is 0 Å². The van der Waals surface area contributed by atoms with Crippen LogP contribution in [0.5, 0.6) is 0 Å². The molecule has 1 fully saturated rings. The van der Waals surface area contributed by atoms with E-state index in [1.54, 1.807) is 6.20 Å². The quantitative estimate of drug-likeness (QED) is 0.865. The number of hydrogen-bond acceptors (Lipinski definition) is 4. The van der Waals surface area contributed by atoms with Crippen molar-refractivity contribution in [3.63, 3.8) is 0 Å². The van der Waals surface area contributed by atoms with Gasteiger partial charge in [-0.25, -0.2) is 4.68 Å². The van der Waals surface area contributed by atoms with Crippen LogP contribution in [0.2, 0.25) is 0 Å². The summed E-state index contributed by atoms with van der Waals surface area (Å²) in [7, 11) is 0. The third-order valence-corrected chi connectivity index (χ3v) is 3.57. The lowest BCUT2D eigenvalue weighted by Gasteiger charge is -2.22. The maximum absolute atomic E-state index is 12.3. The average molecular weight is 265 g/mol. The molecule has 2 heterocycles. The lowest BCUT2D eigenvalue weighted by Crippen LogP contribution is -2.32. The zero-order valence-corrected chi connectivity index (χ0v) is 11.8. The predicted molar refractivity (Wildman–Crippen MR) is 73.0 cm³/mol. The Morgan fingerprint density at radius 1 is 1.47 bits per heavy atom. The summed E-state index contributed by atoms with van der Waals surface area (Å²) >= 11 is 0. The number of piperidine rings is 1. The Balaban J connectivity index is 2.04. The molecule has 1 N–H and O–H groups in total. The Labute approximate surface area is 114 Å². The molecule has 0 atom stereocenters. The van der Waals surface area contributed by atoms with E-state index in [0.717, 1.165) is 38.9 Å². The van der Waals surface area contributed by atoms with Gasteiger partial charge in [0.05, 0.1) is 12.2 Å². The number of nitrogens with one attached hydrogen (secondary N) is 1. The zero-order chi connectivity index (χ0) is 13.7. The third-order valence-electron chi connectivity index (χ3n) is 3.57. The summed E-state index contributed by atoms with van der Waals surface area (Å²) in [6.07, 6.45) is 4.85. The number of carbonyl (C=O) groups excluding carboxylic acids is 1. The van der Waals surface area contributed by atoms with E-state index in [2.05, 4.69) is 22.6 Å². The van der Waals surface area contributed by atoms with E-state index in [-0.39, 0.29) is 5.91 Å². The van der Waals surface area contributed by atoms with E-state index in [9.17, 15) is 4.79 Å².